The Morgan fingerprint density at radius 1 is 1.60 bits per heavy atom. The van der Waals surface area contributed by atoms with Gasteiger partial charge in [0.15, 0.2) is 0 Å². The maximum absolute atomic E-state index is 11.5. The van der Waals surface area contributed by atoms with E-state index in [1.54, 1.807) is 6.92 Å². The summed E-state index contributed by atoms with van der Waals surface area (Å²) in [6, 6.07) is 0. The average molecular weight is 190 g/mol. The maximum Gasteiger partial charge on any atom is 0.461 e. The Morgan fingerprint density at radius 2 is 2.10 bits per heavy atom. The smallest absolute Gasteiger partial charge is 0.409 e. The van der Waals surface area contributed by atoms with E-state index in [9.17, 15) is 13.2 Å². The fourth-order valence-electron chi connectivity index (χ4n) is 0.160. The fraction of sp³-hybridized carbons (Fsp3) is 0.750. The molecule has 0 aromatic rings. The van der Waals surface area contributed by atoms with Gasteiger partial charge in [-0.25, -0.2) is 0 Å². The molecule has 10 heavy (non-hydrogen) atoms. The minimum Gasteiger partial charge on any atom is -0.409 e. The zero-order valence-electron chi connectivity index (χ0n) is 5.07. The highest BCUT2D eigenvalue weighted by Gasteiger charge is 2.36. The molecular weight excluding hydrogens is 185 g/mol. The molecule has 6 heteroatoms. The van der Waals surface area contributed by atoms with Crippen molar-refractivity contribution in [2.75, 3.05) is 5.75 Å². The van der Waals surface area contributed by atoms with Gasteiger partial charge in [0.05, 0.1) is 12.0 Å². The Labute approximate surface area is 66.1 Å². The lowest BCUT2D eigenvalue weighted by Gasteiger charge is -2.06. The van der Waals surface area contributed by atoms with Crippen LogP contribution in [0.1, 0.15) is 6.92 Å². The van der Waals surface area contributed by atoms with Crippen molar-refractivity contribution < 1.29 is 17.4 Å². The summed E-state index contributed by atoms with van der Waals surface area (Å²) in [5.41, 5.74) is 0. The Kier molecular flexibility index (Phi) is 4.04. The van der Waals surface area contributed by atoms with Gasteiger partial charge in [0.2, 0.25) is 0 Å². The lowest BCUT2D eigenvalue weighted by Crippen LogP contribution is -2.21. The third-order valence-electron chi connectivity index (χ3n) is 0.484. The summed E-state index contributed by atoms with van der Waals surface area (Å²) < 4.78 is 38.6. The number of thiocarbonyl (C=S) groups is 1. The minimum absolute atomic E-state index is 0.441. The van der Waals surface area contributed by atoms with E-state index in [1.807, 2.05) is 0 Å². The highest BCUT2D eigenvalue weighted by Crippen LogP contribution is 2.21. The van der Waals surface area contributed by atoms with Crippen LogP contribution in [0.15, 0.2) is 0 Å². The van der Waals surface area contributed by atoms with E-state index < -0.39 is 11.2 Å². The van der Waals surface area contributed by atoms with Gasteiger partial charge in [-0.1, -0.05) is 6.92 Å². The summed E-state index contributed by atoms with van der Waals surface area (Å²) in [5.74, 6) is 0.441. The molecule has 1 nitrogen and oxygen atoms in total. The molecule has 60 valence electrons. The van der Waals surface area contributed by atoms with Crippen LogP contribution in [0.3, 0.4) is 0 Å². The molecule has 0 atom stereocenters. The molecule has 0 fully saturated rings. The largest absolute Gasteiger partial charge is 0.461 e. The molecule has 0 aromatic heterocycles. The van der Waals surface area contributed by atoms with Crippen molar-refractivity contribution in [3.05, 3.63) is 0 Å². The monoisotopic (exact) mass is 190 g/mol. The van der Waals surface area contributed by atoms with Gasteiger partial charge in [0.1, 0.15) is 0 Å². The van der Waals surface area contributed by atoms with Crippen LogP contribution in [-0.4, -0.2) is 17.0 Å². The molecule has 0 N–H and O–H groups in total. The van der Waals surface area contributed by atoms with Crippen LogP contribution in [0.4, 0.5) is 13.2 Å². The van der Waals surface area contributed by atoms with Crippen molar-refractivity contribution in [1.82, 2.24) is 0 Å². The molecule has 0 rings (SSSR count). The zero-order chi connectivity index (χ0) is 8.20. The average Bonchev–Trinajstić information content (AvgIpc) is 1.80. The van der Waals surface area contributed by atoms with Crippen LogP contribution in [0.25, 0.3) is 0 Å². The number of hydrogen-bond acceptors (Lipinski definition) is 3. The second kappa shape index (κ2) is 4.02. The van der Waals surface area contributed by atoms with Crippen LogP contribution in [0, 0.1) is 0 Å². The molecule has 0 aliphatic rings. The SMILES string of the molecule is CCSOC(=S)C(F)(F)F. The second-order valence-electron chi connectivity index (χ2n) is 1.28. The van der Waals surface area contributed by atoms with Gasteiger partial charge >= 0.3 is 6.18 Å². The Hall–Kier alpha value is 0.0300. The lowest BCUT2D eigenvalue weighted by molar-refractivity contribution is -0.0667. The van der Waals surface area contributed by atoms with Gasteiger partial charge < -0.3 is 4.18 Å². The first-order valence-corrected chi connectivity index (χ1v) is 3.71. The Bertz CT molecular complexity index is 122. The Balaban J connectivity index is 3.64. The van der Waals surface area contributed by atoms with Crippen LogP contribution in [0.2, 0.25) is 0 Å². The number of hydrogen-bond donors (Lipinski definition) is 0. The van der Waals surface area contributed by atoms with Gasteiger partial charge in [-0.3, -0.25) is 0 Å². The van der Waals surface area contributed by atoms with E-state index >= 15 is 0 Å². The van der Waals surface area contributed by atoms with Gasteiger partial charge in [-0.2, -0.15) is 13.2 Å². The quantitative estimate of drug-likeness (QED) is 0.489. The topological polar surface area (TPSA) is 9.23 Å². The second-order valence-corrected chi connectivity index (χ2v) is 2.63. The van der Waals surface area contributed by atoms with Crippen LogP contribution in [0.5, 0.6) is 0 Å². The molecule has 0 bridgehead atoms. The highest BCUT2D eigenvalue weighted by atomic mass is 32.2. The molecule has 0 aliphatic heterocycles. The molecule has 0 aliphatic carbocycles. The molecule has 0 aromatic carbocycles. The number of halogens is 3. The van der Waals surface area contributed by atoms with E-state index in [-0.39, 0.29) is 0 Å². The van der Waals surface area contributed by atoms with Crippen LogP contribution in [-0.2, 0) is 4.18 Å². The van der Waals surface area contributed by atoms with Crippen LogP contribution >= 0.6 is 24.3 Å². The number of rotatable bonds is 2. The summed E-state index contributed by atoms with van der Waals surface area (Å²) in [6.45, 7) is 1.67. The Morgan fingerprint density at radius 3 is 2.40 bits per heavy atom. The normalized spacial score (nSPS) is 11.2. The van der Waals surface area contributed by atoms with E-state index in [0.717, 1.165) is 0 Å². The summed E-state index contributed by atoms with van der Waals surface area (Å²) in [5, 5.41) is -1.32. The third-order valence-corrected chi connectivity index (χ3v) is 1.42. The van der Waals surface area contributed by atoms with Crippen molar-refractivity contribution in [2.45, 2.75) is 13.1 Å². The van der Waals surface area contributed by atoms with Gasteiger partial charge in [0, 0.05) is 5.75 Å². The molecule has 0 amide bonds. The summed E-state index contributed by atoms with van der Waals surface area (Å²) >= 11 is 4.57. The molecular formula is C4H5F3OS2. The van der Waals surface area contributed by atoms with Crippen LogP contribution < -0.4 is 0 Å². The third kappa shape index (κ3) is 3.94. The van der Waals surface area contributed by atoms with Crippen molar-refractivity contribution in [3.8, 4) is 0 Å². The predicted molar refractivity (Wildman–Crippen MR) is 37.9 cm³/mol. The van der Waals surface area contributed by atoms with Crippen molar-refractivity contribution in [1.29, 1.82) is 0 Å². The standard InChI is InChI=1S/C4H5F3OS2/c1-2-10-8-3(9)4(5,6)7/h2H2,1H3. The lowest BCUT2D eigenvalue weighted by atomic mass is 10.7. The summed E-state index contributed by atoms with van der Waals surface area (Å²) in [4.78, 5) is 0. The van der Waals surface area contributed by atoms with Gasteiger partial charge in [-0.05, 0) is 12.2 Å². The van der Waals surface area contributed by atoms with Gasteiger partial charge in [-0.15, -0.1) is 0 Å². The van der Waals surface area contributed by atoms with Crippen molar-refractivity contribution >= 4 is 29.3 Å². The molecule has 0 radical (unpaired) electrons. The fourth-order valence-corrected chi connectivity index (χ4v) is 0.623. The van der Waals surface area contributed by atoms with E-state index in [1.165, 1.54) is 0 Å². The van der Waals surface area contributed by atoms with E-state index in [0.29, 0.717) is 17.8 Å². The van der Waals surface area contributed by atoms with Crippen molar-refractivity contribution in [2.24, 2.45) is 0 Å². The van der Waals surface area contributed by atoms with E-state index in [4.69, 9.17) is 0 Å². The maximum atomic E-state index is 11.5. The molecule has 0 spiro atoms. The number of alkyl halides is 3. The molecule has 0 unspecified atom stereocenters. The first-order valence-electron chi connectivity index (χ1n) is 2.39. The minimum atomic E-state index is -4.50. The summed E-state index contributed by atoms with van der Waals surface area (Å²) in [6.07, 6.45) is -4.50. The first kappa shape index (κ1) is 10.0. The van der Waals surface area contributed by atoms with E-state index in [2.05, 4.69) is 16.4 Å². The molecule has 0 heterocycles. The van der Waals surface area contributed by atoms with Crippen molar-refractivity contribution in [3.63, 3.8) is 0 Å². The molecule has 0 saturated carbocycles. The first-order chi connectivity index (χ1) is 4.48. The highest BCUT2D eigenvalue weighted by molar-refractivity contribution is 7.95. The van der Waals surface area contributed by atoms with Gasteiger partial charge in [0.25, 0.3) is 5.05 Å². The zero-order valence-corrected chi connectivity index (χ0v) is 6.70. The summed E-state index contributed by atoms with van der Waals surface area (Å²) in [7, 11) is 0. The predicted octanol–water partition coefficient (Wildman–Crippen LogP) is 2.56. The molecule has 0 saturated heterocycles.